The van der Waals surface area contributed by atoms with E-state index in [0.29, 0.717) is 24.7 Å². The van der Waals surface area contributed by atoms with E-state index in [-0.39, 0.29) is 6.42 Å². The van der Waals surface area contributed by atoms with Gasteiger partial charge in [0, 0.05) is 19.3 Å². The molecular weight excluding hydrogens is 264 g/mol. The number of carboxylic acid groups (broad SMARTS) is 1. The Bertz CT molecular complexity index is 402. The fraction of sp³-hybridized carbons (Fsp3) is 0.769. The second-order valence-corrected chi connectivity index (χ2v) is 6.18. The molecule has 0 aliphatic carbocycles. The highest BCUT2D eigenvalue weighted by Gasteiger charge is 2.17. The van der Waals surface area contributed by atoms with Crippen molar-refractivity contribution < 1.29 is 14.3 Å². The molecule has 0 spiro atoms. The molecule has 1 aliphatic rings. The SMILES string of the molecule is O=C(O)CCCCc1nnc(CC2CCSCC2)o1. The van der Waals surface area contributed by atoms with Gasteiger partial charge in [-0.05, 0) is 43.1 Å². The van der Waals surface area contributed by atoms with Crippen LogP contribution in [0.3, 0.4) is 0 Å². The summed E-state index contributed by atoms with van der Waals surface area (Å²) in [5.41, 5.74) is 0. The first-order chi connectivity index (χ1) is 9.24. The van der Waals surface area contributed by atoms with E-state index in [1.54, 1.807) is 0 Å². The van der Waals surface area contributed by atoms with Crippen molar-refractivity contribution in [2.24, 2.45) is 5.92 Å². The predicted molar refractivity (Wildman–Crippen MR) is 73.2 cm³/mol. The third-order valence-electron chi connectivity index (χ3n) is 3.34. The van der Waals surface area contributed by atoms with Gasteiger partial charge in [0.2, 0.25) is 11.8 Å². The van der Waals surface area contributed by atoms with Crippen molar-refractivity contribution in [1.29, 1.82) is 0 Å². The molecule has 1 saturated heterocycles. The van der Waals surface area contributed by atoms with Crippen LogP contribution >= 0.6 is 11.8 Å². The Kier molecular flexibility index (Phi) is 5.69. The molecule has 2 rings (SSSR count). The first-order valence-electron chi connectivity index (χ1n) is 6.85. The molecule has 1 aromatic rings. The number of hydrogen-bond acceptors (Lipinski definition) is 5. The molecule has 0 saturated carbocycles. The van der Waals surface area contributed by atoms with E-state index >= 15 is 0 Å². The topological polar surface area (TPSA) is 76.2 Å². The number of nitrogens with zero attached hydrogens (tertiary/aromatic N) is 2. The van der Waals surface area contributed by atoms with Crippen LogP contribution in [0, 0.1) is 5.92 Å². The summed E-state index contributed by atoms with van der Waals surface area (Å²) in [6.45, 7) is 0. The molecule has 0 aromatic carbocycles. The molecule has 1 aromatic heterocycles. The zero-order valence-corrected chi connectivity index (χ0v) is 11.8. The van der Waals surface area contributed by atoms with Crippen molar-refractivity contribution in [3.8, 4) is 0 Å². The van der Waals surface area contributed by atoms with Crippen LogP contribution in [-0.4, -0.2) is 32.8 Å². The Hall–Kier alpha value is -1.04. The Balaban J connectivity index is 1.70. The molecule has 0 bridgehead atoms. The number of hydrogen-bond donors (Lipinski definition) is 1. The van der Waals surface area contributed by atoms with Crippen molar-refractivity contribution in [2.45, 2.75) is 44.9 Å². The molecule has 5 nitrogen and oxygen atoms in total. The average Bonchev–Trinajstić information content (AvgIpc) is 2.83. The second-order valence-electron chi connectivity index (χ2n) is 4.95. The fourth-order valence-corrected chi connectivity index (χ4v) is 3.43. The monoisotopic (exact) mass is 284 g/mol. The molecule has 1 aliphatic heterocycles. The fourth-order valence-electron chi connectivity index (χ4n) is 2.22. The van der Waals surface area contributed by atoms with Crippen LogP contribution in [0.2, 0.25) is 0 Å². The van der Waals surface area contributed by atoms with Crippen LogP contribution in [0.4, 0.5) is 0 Å². The third-order valence-corrected chi connectivity index (χ3v) is 4.39. The van der Waals surface area contributed by atoms with Gasteiger partial charge in [0.1, 0.15) is 0 Å². The first kappa shape index (κ1) is 14.4. The van der Waals surface area contributed by atoms with E-state index in [2.05, 4.69) is 10.2 Å². The van der Waals surface area contributed by atoms with E-state index in [1.165, 1.54) is 24.3 Å². The molecule has 1 fully saturated rings. The zero-order chi connectivity index (χ0) is 13.5. The van der Waals surface area contributed by atoms with Gasteiger partial charge in [-0.25, -0.2) is 0 Å². The maximum Gasteiger partial charge on any atom is 0.303 e. The number of aryl methyl sites for hydroxylation is 1. The summed E-state index contributed by atoms with van der Waals surface area (Å²) in [4.78, 5) is 10.4. The van der Waals surface area contributed by atoms with Crippen LogP contribution in [0.5, 0.6) is 0 Å². The highest BCUT2D eigenvalue weighted by molar-refractivity contribution is 7.99. The first-order valence-corrected chi connectivity index (χ1v) is 8.00. The largest absolute Gasteiger partial charge is 0.481 e. The maximum absolute atomic E-state index is 10.4. The van der Waals surface area contributed by atoms with E-state index in [9.17, 15) is 4.79 Å². The summed E-state index contributed by atoms with van der Waals surface area (Å²) in [5, 5.41) is 16.7. The van der Waals surface area contributed by atoms with Gasteiger partial charge in [-0.3, -0.25) is 4.79 Å². The summed E-state index contributed by atoms with van der Waals surface area (Å²) in [5.74, 6) is 3.79. The number of unbranched alkanes of at least 4 members (excludes halogenated alkanes) is 1. The summed E-state index contributed by atoms with van der Waals surface area (Å²) in [6, 6.07) is 0. The maximum atomic E-state index is 10.4. The second kappa shape index (κ2) is 7.53. The van der Waals surface area contributed by atoms with Crippen molar-refractivity contribution >= 4 is 17.7 Å². The normalized spacial score (nSPS) is 16.6. The standard InChI is InChI=1S/C13H20N2O3S/c16-13(17)4-2-1-3-11-14-15-12(18-11)9-10-5-7-19-8-6-10/h10H,1-9H2,(H,16,17). The summed E-state index contributed by atoms with van der Waals surface area (Å²) in [6.07, 6.45) is 5.70. The molecule has 2 heterocycles. The summed E-state index contributed by atoms with van der Waals surface area (Å²) < 4.78 is 5.62. The van der Waals surface area contributed by atoms with Crippen LogP contribution in [-0.2, 0) is 17.6 Å². The van der Waals surface area contributed by atoms with Gasteiger partial charge in [-0.15, -0.1) is 10.2 Å². The number of carbonyl (C=O) groups is 1. The van der Waals surface area contributed by atoms with Crippen molar-refractivity contribution in [3.63, 3.8) is 0 Å². The minimum Gasteiger partial charge on any atom is -0.481 e. The lowest BCUT2D eigenvalue weighted by Gasteiger charge is -2.19. The average molecular weight is 284 g/mol. The Morgan fingerprint density at radius 3 is 2.74 bits per heavy atom. The van der Waals surface area contributed by atoms with Crippen LogP contribution < -0.4 is 0 Å². The molecule has 0 atom stereocenters. The molecule has 1 N–H and O–H groups in total. The summed E-state index contributed by atoms with van der Waals surface area (Å²) >= 11 is 2.02. The number of aliphatic carboxylic acids is 1. The Morgan fingerprint density at radius 2 is 2.00 bits per heavy atom. The molecule has 106 valence electrons. The third kappa shape index (κ3) is 5.22. The lowest BCUT2D eigenvalue weighted by Crippen LogP contribution is -2.12. The van der Waals surface area contributed by atoms with Gasteiger partial charge in [-0.1, -0.05) is 0 Å². The van der Waals surface area contributed by atoms with Crippen LogP contribution in [0.15, 0.2) is 4.42 Å². The number of aromatic nitrogens is 2. The van der Waals surface area contributed by atoms with Gasteiger partial charge in [0.05, 0.1) is 0 Å². The molecule has 0 amide bonds. The lowest BCUT2D eigenvalue weighted by atomic mass is 9.99. The Morgan fingerprint density at radius 1 is 1.26 bits per heavy atom. The van der Waals surface area contributed by atoms with E-state index in [1.807, 2.05) is 11.8 Å². The van der Waals surface area contributed by atoms with Gasteiger partial charge < -0.3 is 9.52 Å². The summed E-state index contributed by atoms with van der Waals surface area (Å²) in [7, 11) is 0. The minimum atomic E-state index is -0.749. The zero-order valence-electron chi connectivity index (χ0n) is 11.0. The molecule has 0 radical (unpaired) electrons. The smallest absolute Gasteiger partial charge is 0.303 e. The predicted octanol–water partition coefficient (Wildman–Crippen LogP) is 2.55. The van der Waals surface area contributed by atoms with Gasteiger partial charge in [0.25, 0.3) is 0 Å². The van der Waals surface area contributed by atoms with Crippen LogP contribution in [0.25, 0.3) is 0 Å². The van der Waals surface area contributed by atoms with E-state index < -0.39 is 5.97 Å². The van der Waals surface area contributed by atoms with Gasteiger partial charge >= 0.3 is 5.97 Å². The number of thioether (sulfide) groups is 1. The molecule has 6 heteroatoms. The minimum absolute atomic E-state index is 0.209. The van der Waals surface area contributed by atoms with Gasteiger partial charge in [0.15, 0.2) is 0 Å². The highest BCUT2D eigenvalue weighted by Crippen LogP contribution is 2.25. The molecule has 0 unspecified atom stereocenters. The van der Waals surface area contributed by atoms with Crippen molar-refractivity contribution in [3.05, 3.63) is 11.8 Å². The van der Waals surface area contributed by atoms with Crippen molar-refractivity contribution in [1.82, 2.24) is 10.2 Å². The quantitative estimate of drug-likeness (QED) is 0.775. The highest BCUT2D eigenvalue weighted by atomic mass is 32.2. The number of rotatable bonds is 7. The van der Waals surface area contributed by atoms with E-state index in [0.717, 1.165) is 18.7 Å². The molecular formula is C13H20N2O3S. The van der Waals surface area contributed by atoms with Crippen LogP contribution in [0.1, 0.15) is 43.9 Å². The van der Waals surface area contributed by atoms with Gasteiger partial charge in [-0.2, -0.15) is 11.8 Å². The number of carboxylic acids is 1. The van der Waals surface area contributed by atoms with Crippen molar-refractivity contribution in [2.75, 3.05) is 11.5 Å². The van der Waals surface area contributed by atoms with E-state index in [4.69, 9.17) is 9.52 Å². The Labute approximate surface area is 117 Å². The molecule has 19 heavy (non-hydrogen) atoms. The lowest BCUT2D eigenvalue weighted by molar-refractivity contribution is -0.137.